The van der Waals surface area contributed by atoms with Crippen LogP contribution in [0.4, 0.5) is 0 Å². The number of aromatic nitrogens is 2. The molecule has 1 aliphatic carbocycles. The molecule has 1 amide bonds. The topological polar surface area (TPSA) is 56.1 Å². The van der Waals surface area contributed by atoms with Crippen LogP contribution in [0.2, 0.25) is 0 Å². The minimum absolute atomic E-state index is 0.0710. The van der Waals surface area contributed by atoms with E-state index in [-0.39, 0.29) is 5.91 Å². The highest BCUT2D eigenvalue weighted by Gasteiger charge is 2.16. The fourth-order valence-corrected chi connectivity index (χ4v) is 3.08. The van der Waals surface area contributed by atoms with Gasteiger partial charge >= 0.3 is 0 Å². The smallest absolute Gasteiger partial charge is 0.260 e. The zero-order chi connectivity index (χ0) is 16.8. The molecule has 1 atom stereocenters. The number of nitrogens with one attached hydrogen (secondary N) is 1. The van der Waals surface area contributed by atoms with Crippen molar-refractivity contribution in [2.75, 3.05) is 6.54 Å². The van der Waals surface area contributed by atoms with Crippen molar-refractivity contribution >= 4 is 5.91 Å². The van der Waals surface area contributed by atoms with Crippen LogP contribution in [-0.2, 0) is 24.2 Å². The minimum Gasteiger partial charge on any atom is -0.481 e. The van der Waals surface area contributed by atoms with Gasteiger partial charge in [0.25, 0.3) is 5.91 Å². The van der Waals surface area contributed by atoms with E-state index in [0.29, 0.717) is 6.54 Å². The number of imidazole rings is 1. The van der Waals surface area contributed by atoms with E-state index in [4.69, 9.17) is 4.74 Å². The molecule has 1 aromatic heterocycles. The molecule has 0 aliphatic heterocycles. The summed E-state index contributed by atoms with van der Waals surface area (Å²) in [7, 11) is 0. The number of benzene rings is 1. The standard InChI is InChI=1S/C19H25N3O2/c1-15(19(23)21-9-4-11-22-12-10-20-14-22)24-18-8-7-16-5-2-3-6-17(16)13-18/h7-8,10,12-15H,2-6,9,11H2,1H3,(H,21,23)/t15-/m1/s1. The Hall–Kier alpha value is -2.30. The zero-order valence-electron chi connectivity index (χ0n) is 14.2. The number of amides is 1. The maximum Gasteiger partial charge on any atom is 0.260 e. The molecule has 1 aromatic carbocycles. The summed E-state index contributed by atoms with van der Waals surface area (Å²) in [4.78, 5) is 16.1. The molecule has 1 N–H and O–H groups in total. The van der Waals surface area contributed by atoms with Gasteiger partial charge in [0, 0.05) is 25.5 Å². The zero-order valence-corrected chi connectivity index (χ0v) is 14.2. The predicted molar refractivity (Wildman–Crippen MR) is 93.0 cm³/mol. The largest absolute Gasteiger partial charge is 0.481 e. The number of hydrogen-bond acceptors (Lipinski definition) is 3. The van der Waals surface area contributed by atoms with Gasteiger partial charge in [-0.1, -0.05) is 6.07 Å². The molecule has 5 nitrogen and oxygen atoms in total. The summed E-state index contributed by atoms with van der Waals surface area (Å²) in [6, 6.07) is 6.21. The maximum atomic E-state index is 12.1. The first-order chi connectivity index (χ1) is 11.7. The molecule has 3 rings (SSSR count). The highest BCUT2D eigenvalue weighted by atomic mass is 16.5. The summed E-state index contributed by atoms with van der Waals surface area (Å²) in [5.41, 5.74) is 2.79. The van der Waals surface area contributed by atoms with Crippen molar-refractivity contribution in [1.29, 1.82) is 0 Å². The summed E-state index contributed by atoms with van der Waals surface area (Å²) in [5.74, 6) is 0.718. The molecule has 0 fully saturated rings. The Balaban J connectivity index is 1.43. The van der Waals surface area contributed by atoms with Gasteiger partial charge in [-0.2, -0.15) is 0 Å². The SMILES string of the molecule is C[C@@H](Oc1ccc2c(c1)CCCC2)C(=O)NCCCn1ccnc1. The number of hydrogen-bond donors (Lipinski definition) is 1. The number of fused-ring (bicyclic) bond motifs is 1. The molecule has 0 unspecified atom stereocenters. The fraction of sp³-hybridized carbons (Fsp3) is 0.474. The van der Waals surface area contributed by atoms with Crippen LogP contribution in [-0.4, -0.2) is 28.1 Å². The third-order valence-corrected chi connectivity index (χ3v) is 4.45. The van der Waals surface area contributed by atoms with Gasteiger partial charge in [-0.3, -0.25) is 4.79 Å². The van der Waals surface area contributed by atoms with Crippen molar-refractivity contribution in [2.24, 2.45) is 0 Å². The molecule has 2 aromatic rings. The van der Waals surface area contributed by atoms with Crippen LogP contribution in [0.25, 0.3) is 0 Å². The monoisotopic (exact) mass is 327 g/mol. The van der Waals surface area contributed by atoms with Gasteiger partial charge in [-0.25, -0.2) is 4.98 Å². The number of carbonyl (C=O) groups excluding carboxylic acids is 1. The van der Waals surface area contributed by atoms with Crippen LogP contribution in [0.3, 0.4) is 0 Å². The van der Waals surface area contributed by atoms with Crippen LogP contribution in [0.15, 0.2) is 36.9 Å². The van der Waals surface area contributed by atoms with Crippen molar-refractivity contribution < 1.29 is 9.53 Å². The van der Waals surface area contributed by atoms with Gasteiger partial charge in [0.15, 0.2) is 6.10 Å². The molecule has 0 saturated carbocycles. The molecule has 128 valence electrons. The van der Waals surface area contributed by atoms with Crippen LogP contribution in [0, 0.1) is 0 Å². The number of ether oxygens (including phenoxy) is 1. The van der Waals surface area contributed by atoms with Crippen LogP contribution >= 0.6 is 0 Å². The Morgan fingerprint density at radius 3 is 2.96 bits per heavy atom. The Bertz CT molecular complexity index is 667. The lowest BCUT2D eigenvalue weighted by Crippen LogP contribution is -2.37. The lowest BCUT2D eigenvalue weighted by molar-refractivity contribution is -0.127. The summed E-state index contributed by atoms with van der Waals surface area (Å²) < 4.78 is 7.82. The van der Waals surface area contributed by atoms with Gasteiger partial charge in [-0.15, -0.1) is 0 Å². The summed E-state index contributed by atoms with van der Waals surface area (Å²) >= 11 is 0. The quantitative estimate of drug-likeness (QED) is 0.796. The second kappa shape index (κ2) is 7.99. The summed E-state index contributed by atoms with van der Waals surface area (Å²) in [5, 5.41) is 2.93. The van der Waals surface area contributed by atoms with E-state index in [1.165, 1.54) is 24.0 Å². The van der Waals surface area contributed by atoms with E-state index >= 15 is 0 Å². The third kappa shape index (κ3) is 4.37. The van der Waals surface area contributed by atoms with Crippen molar-refractivity contribution in [3.05, 3.63) is 48.0 Å². The number of carbonyl (C=O) groups is 1. The van der Waals surface area contributed by atoms with E-state index in [9.17, 15) is 4.79 Å². The number of nitrogens with zero attached hydrogens (tertiary/aromatic N) is 2. The lowest BCUT2D eigenvalue weighted by atomic mass is 9.92. The average molecular weight is 327 g/mol. The molecule has 1 aliphatic rings. The van der Waals surface area contributed by atoms with Crippen molar-refractivity contribution in [3.8, 4) is 5.75 Å². The number of aryl methyl sites for hydroxylation is 3. The first-order valence-corrected chi connectivity index (χ1v) is 8.74. The van der Waals surface area contributed by atoms with Crippen LogP contribution < -0.4 is 10.1 Å². The van der Waals surface area contributed by atoms with Gasteiger partial charge in [0.05, 0.1) is 6.33 Å². The van der Waals surface area contributed by atoms with Crippen LogP contribution in [0.5, 0.6) is 5.75 Å². The molecule has 0 radical (unpaired) electrons. The molecular weight excluding hydrogens is 302 g/mol. The van der Waals surface area contributed by atoms with Crippen LogP contribution in [0.1, 0.15) is 37.3 Å². The van der Waals surface area contributed by atoms with Crippen molar-refractivity contribution in [2.45, 2.75) is 51.7 Å². The molecule has 1 heterocycles. The second-order valence-electron chi connectivity index (χ2n) is 6.34. The highest BCUT2D eigenvalue weighted by molar-refractivity contribution is 5.80. The molecular formula is C19H25N3O2. The molecule has 0 spiro atoms. The first-order valence-electron chi connectivity index (χ1n) is 8.74. The second-order valence-corrected chi connectivity index (χ2v) is 6.34. The van der Waals surface area contributed by atoms with Gasteiger partial charge < -0.3 is 14.6 Å². The lowest BCUT2D eigenvalue weighted by Gasteiger charge is -2.19. The van der Waals surface area contributed by atoms with Crippen molar-refractivity contribution in [1.82, 2.24) is 14.9 Å². The third-order valence-electron chi connectivity index (χ3n) is 4.45. The maximum absolute atomic E-state index is 12.1. The van der Waals surface area contributed by atoms with E-state index in [2.05, 4.69) is 22.4 Å². The fourth-order valence-electron chi connectivity index (χ4n) is 3.08. The molecule has 5 heteroatoms. The van der Waals surface area contributed by atoms with Crippen molar-refractivity contribution in [3.63, 3.8) is 0 Å². The normalized spacial score (nSPS) is 14.7. The average Bonchev–Trinajstić information content (AvgIpc) is 3.12. The first kappa shape index (κ1) is 16.6. The van der Waals surface area contributed by atoms with Gasteiger partial charge in [0.2, 0.25) is 0 Å². The Kier molecular flexibility index (Phi) is 5.51. The van der Waals surface area contributed by atoms with E-state index < -0.39 is 6.10 Å². The Morgan fingerprint density at radius 1 is 1.33 bits per heavy atom. The Labute approximate surface area is 143 Å². The predicted octanol–water partition coefficient (Wildman–Crippen LogP) is 2.74. The van der Waals surface area contributed by atoms with E-state index in [1.54, 1.807) is 19.4 Å². The highest BCUT2D eigenvalue weighted by Crippen LogP contribution is 2.25. The van der Waals surface area contributed by atoms with E-state index in [1.807, 2.05) is 16.8 Å². The van der Waals surface area contributed by atoms with Gasteiger partial charge in [0.1, 0.15) is 5.75 Å². The Morgan fingerprint density at radius 2 is 2.17 bits per heavy atom. The van der Waals surface area contributed by atoms with E-state index in [0.717, 1.165) is 31.6 Å². The molecule has 0 saturated heterocycles. The van der Waals surface area contributed by atoms with Gasteiger partial charge in [-0.05, 0) is 62.3 Å². The number of rotatable bonds is 7. The molecule has 24 heavy (non-hydrogen) atoms. The molecule has 0 bridgehead atoms. The summed E-state index contributed by atoms with van der Waals surface area (Å²) in [6.07, 6.45) is 10.6. The summed E-state index contributed by atoms with van der Waals surface area (Å²) in [6.45, 7) is 3.28. The minimum atomic E-state index is -0.486.